The molecular weight excluding hydrogens is 224 g/mol. The Hall–Kier alpha value is -1.35. The minimum atomic E-state index is 0.0792. The molecule has 18 heavy (non-hydrogen) atoms. The highest BCUT2D eigenvalue weighted by molar-refractivity contribution is 5.77. The molecule has 2 fully saturated rings. The molecule has 1 aliphatic carbocycles. The van der Waals surface area contributed by atoms with Gasteiger partial charge < -0.3 is 10.6 Å². The van der Waals surface area contributed by atoms with Gasteiger partial charge in [0.15, 0.2) is 0 Å². The maximum Gasteiger partial charge on any atom is 0.222 e. The Bertz CT molecular complexity index is 427. The summed E-state index contributed by atoms with van der Waals surface area (Å²) in [5, 5.41) is 0. The van der Waals surface area contributed by atoms with Gasteiger partial charge in [0, 0.05) is 31.5 Å². The molecule has 3 heteroatoms. The minimum Gasteiger partial charge on any atom is -0.340 e. The van der Waals surface area contributed by atoms with Crippen LogP contribution in [0.4, 0.5) is 0 Å². The summed E-state index contributed by atoms with van der Waals surface area (Å²) in [5.74, 6) is 1.25. The van der Waals surface area contributed by atoms with Crippen LogP contribution in [0, 0.1) is 5.92 Å². The fourth-order valence-electron chi connectivity index (χ4n) is 2.78. The number of benzene rings is 1. The van der Waals surface area contributed by atoms with Crippen molar-refractivity contribution < 1.29 is 4.79 Å². The van der Waals surface area contributed by atoms with Crippen LogP contribution in [0.5, 0.6) is 0 Å². The van der Waals surface area contributed by atoms with Crippen LogP contribution in [0.25, 0.3) is 0 Å². The second kappa shape index (κ2) is 4.73. The van der Waals surface area contributed by atoms with E-state index in [2.05, 4.69) is 12.1 Å². The Balaban J connectivity index is 1.66. The van der Waals surface area contributed by atoms with Crippen molar-refractivity contribution >= 4 is 5.91 Å². The smallest absolute Gasteiger partial charge is 0.222 e. The lowest BCUT2D eigenvalue weighted by Gasteiger charge is -2.16. The van der Waals surface area contributed by atoms with Crippen molar-refractivity contribution in [1.82, 2.24) is 4.90 Å². The minimum absolute atomic E-state index is 0.0792. The Labute approximate surface area is 108 Å². The number of rotatable bonds is 3. The van der Waals surface area contributed by atoms with Gasteiger partial charge in [-0.05, 0) is 24.3 Å². The van der Waals surface area contributed by atoms with E-state index in [0.29, 0.717) is 24.3 Å². The Morgan fingerprint density at radius 1 is 1.22 bits per heavy atom. The van der Waals surface area contributed by atoms with Gasteiger partial charge in [-0.25, -0.2) is 0 Å². The first-order valence-corrected chi connectivity index (χ1v) is 6.82. The number of hydrogen-bond donors (Lipinski definition) is 1. The average Bonchev–Trinajstić information content (AvgIpc) is 3.10. The first-order chi connectivity index (χ1) is 8.74. The van der Waals surface area contributed by atoms with Gasteiger partial charge in [-0.2, -0.15) is 0 Å². The molecule has 0 bridgehead atoms. The predicted octanol–water partition coefficient (Wildman–Crippen LogP) is 1.74. The van der Waals surface area contributed by atoms with Gasteiger partial charge in [-0.15, -0.1) is 0 Å². The lowest BCUT2D eigenvalue weighted by Crippen LogP contribution is -2.32. The maximum absolute atomic E-state index is 12.1. The molecule has 0 spiro atoms. The summed E-state index contributed by atoms with van der Waals surface area (Å²) >= 11 is 0. The summed E-state index contributed by atoms with van der Waals surface area (Å²) in [6, 6.07) is 10.4. The van der Waals surface area contributed by atoms with E-state index in [4.69, 9.17) is 5.73 Å². The third-order valence-electron chi connectivity index (χ3n) is 4.11. The van der Waals surface area contributed by atoms with E-state index < -0.39 is 0 Å². The van der Waals surface area contributed by atoms with Crippen molar-refractivity contribution in [3.05, 3.63) is 35.9 Å². The molecule has 1 heterocycles. The standard InChI is InChI=1S/C15H20N2O/c16-14-10-17(15(18)8-11-6-7-11)9-13(14)12-4-2-1-3-5-12/h1-5,11,13-14H,6-10,16H2/t13-,14+/m0/s1. The van der Waals surface area contributed by atoms with Gasteiger partial charge in [-0.3, -0.25) is 4.79 Å². The van der Waals surface area contributed by atoms with Crippen molar-refractivity contribution in [2.45, 2.75) is 31.2 Å². The highest BCUT2D eigenvalue weighted by atomic mass is 16.2. The van der Waals surface area contributed by atoms with Crippen LogP contribution in [0.2, 0.25) is 0 Å². The van der Waals surface area contributed by atoms with Crippen LogP contribution in [-0.4, -0.2) is 29.9 Å². The first kappa shape index (κ1) is 11.7. The molecule has 3 nitrogen and oxygen atoms in total. The molecular formula is C15H20N2O. The van der Waals surface area contributed by atoms with E-state index in [9.17, 15) is 4.79 Å². The summed E-state index contributed by atoms with van der Waals surface area (Å²) in [5.41, 5.74) is 7.45. The zero-order valence-electron chi connectivity index (χ0n) is 10.6. The van der Waals surface area contributed by atoms with E-state index in [1.807, 2.05) is 23.1 Å². The Morgan fingerprint density at radius 3 is 2.61 bits per heavy atom. The van der Waals surface area contributed by atoms with E-state index in [1.165, 1.54) is 18.4 Å². The molecule has 1 aromatic rings. The summed E-state index contributed by atoms with van der Waals surface area (Å²) in [6.07, 6.45) is 3.19. The summed E-state index contributed by atoms with van der Waals surface area (Å²) in [4.78, 5) is 14.0. The average molecular weight is 244 g/mol. The summed E-state index contributed by atoms with van der Waals surface area (Å²) in [6.45, 7) is 1.50. The van der Waals surface area contributed by atoms with Gasteiger partial charge in [0.1, 0.15) is 0 Å². The van der Waals surface area contributed by atoms with Gasteiger partial charge in [-0.1, -0.05) is 30.3 Å². The third kappa shape index (κ3) is 2.41. The van der Waals surface area contributed by atoms with Crippen LogP contribution in [0.1, 0.15) is 30.7 Å². The van der Waals surface area contributed by atoms with Gasteiger partial charge in [0.2, 0.25) is 5.91 Å². The van der Waals surface area contributed by atoms with E-state index in [0.717, 1.165) is 13.0 Å². The van der Waals surface area contributed by atoms with Crippen LogP contribution in [0.3, 0.4) is 0 Å². The number of carbonyl (C=O) groups excluding carboxylic acids is 1. The molecule has 1 saturated heterocycles. The van der Waals surface area contributed by atoms with Crippen LogP contribution in [0.15, 0.2) is 30.3 Å². The quantitative estimate of drug-likeness (QED) is 0.880. The summed E-state index contributed by atoms with van der Waals surface area (Å²) < 4.78 is 0. The third-order valence-corrected chi connectivity index (χ3v) is 4.11. The van der Waals surface area contributed by atoms with E-state index in [-0.39, 0.29) is 6.04 Å². The number of carbonyl (C=O) groups is 1. The highest BCUT2D eigenvalue weighted by Gasteiger charge is 2.35. The van der Waals surface area contributed by atoms with Crippen LogP contribution in [-0.2, 0) is 4.79 Å². The fourth-order valence-corrected chi connectivity index (χ4v) is 2.78. The number of nitrogens with zero attached hydrogens (tertiary/aromatic N) is 1. The highest BCUT2D eigenvalue weighted by Crippen LogP contribution is 2.34. The number of amides is 1. The second-order valence-electron chi connectivity index (χ2n) is 5.63. The Kier molecular flexibility index (Phi) is 3.08. The van der Waals surface area contributed by atoms with Crippen LogP contribution < -0.4 is 5.73 Å². The largest absolute Gasteiger partial charge is 0.340 e. The molecule has 0 unspecified atom stereocenters. The van der Waals surface area contributed by atoms with Crippen molar-refractivity contribution in [1.29, 1.82) is 0 Å². The zero-order chi connectivity index (χ0) is 12.5. The second-order valence-corrected chi connectivity index (χ2v) is 5.63. The first-order valence-electron chi connectivity index (χ1n) is 6.82. The van der Waals surface area contributed by atoms with Crippen molar-refractivity contribution in [2.75, 3.05) is 13.1 Å². The van der Waals surface area contributed by atoms with Gasteiger partial charge >= 0.3 is 0 Å². The number of likely N-dealkylation sites (tertiary alicyclic amines) is 1. The molecule has 96 valence electrons. The SMILES string of the molecule is N[C@@H]1CN(C(=O)CC2CC2)C[C@H]1c1ccccc1. The van der Waals surface area contributed by atoms with Gasteiger partial charge in [0.05, 0.1) is 0 Å². The van der Waals surface area contributed by atoms with Crippen LogP contribution >= 0.6 is 0 Å². The fraction of sp³-hybridized carbons (Fsp3) is 0.533. The molecule has 1 saturated carbocycles. The van der Waals surface area contributed by atoms with Crippen molar-refractivity contribution in [3.63, 3.8) is 0 Å². The predicted molar refractivity (Wildman–Crippen MR) is 71.1 cm³/mol. The maximum atomic E-state index is 12.1. The Morgan fingerprint density at radius 2 is 1.94 bits per heavy atom. The molecule has 0 radical (unpaired) electrons. The number of hydrogen-bond acceptors (Lipinski definition) is 2. The molecule has 1 aromatic carbocycles. The molecule has 3 rings (SSSR count). The topological polar surface area (TPSA) is 46.3 Å². The van der Waals surface area contributed by atoms with E-state index >= 15 is 0 Å². The van der Waals surface area contributed by atoms with E-state index in [1.54, 1.807) is 0 Å². The molecule has 0 aromatic heterocycles. The van der Waals surface area contributed by atoms with Gasteiger partial charge in [0.25, 0.3) is 0 Å². The van der Waals surface area contributed by atoms with Crippen molar-refractivity contribution in [2.24, 2.45) is 11.7 Å². The monoisotopic (exact) mass is 244 g/mol. The molecule has 2 atom stereocenters. The van der Waals surface area contributed by atoms with Crippen molar-refractivity contribution in [3.8, 4) is 0 Å². The molecule has 2 N–H and O–H groups in total. The molecule has 1 amide bonds. The zero-order valence-corrected chi connectivity index (χ0v) is 10.6. The lowest BCUT2D eigenvalue weighted by molar-refractivity contribution is -0.130. The number of nitrogens with two attached hydrogens (primary N) is 1. The molecule has 2 aliphatic rings. The summed E-state index contributed by atoms with van der Waals surface area (Å²) in [7, 11) is 0. The normalized spacial score (nSPS) is 27.5. The lowest BCUT2D eigenvalue weighted by atomic mass is 9.95. The molecule has 1 aliphatic heterocycles.